The van der Waals surface area contributed by atoms with E-state index in [1.165, 1.54) is 11.8 Å². The van der Waals surface area contributed by atoms with Crippen LogP contribution in [-0.4, -0.2) is 24.5 Å². The van der Waals surface area contributed by atoms with Crippen LogP contribution in [0.5, 0.6) is 0 Å². The maximum atomic E-state index is 10.6. The molecule has 0 saturated heterocycles. The lowest BCUT2D eigenvalue weighted by molar-refractivity contribution is -0.118. The first-order chi connectivity index (χ1) is 4.66. The summed E-state index contributed by atoms with van der Waals surface area (Å²) in [5.74, 6) is 1.34. The van der Waals surface area contributed by atoms with Gasteiger partial charge < -0.3 is 5.32 Å². The van der Waals surface area contributed by atoms with Gasteiger partial charge in [-0.05, 0) is 4.48 Å². The zero-order valence-corrected chi connectivity index (χ0v) is 8.22. The van der Waals surface area contributed by atoms with Crippen LogP contribution in [0.15, 0.2) is 11.1 Å². The molecule has 0 aromatic carbocycles. The molecule has 0 aliphatic heterocycles. The molecule has 58 valence electrons. The van der Waals surface area contributed by atoms with E-state index in [1.54, 1.807) is 7.05 Å². The average molecular weight is 224 g/mol. The van der Waals surface area contributed by atoms with Gasteiger partial charge in [0, 0.05) is 12.8 Å². The first kappa shape index (κ1) is 10.0. The van der Waals surface area contributed by atoms with Gasteiger partial charge in [-0.1, -0.05) is 22.5 Å². The fourth-order valence-electron chi connectivity index (χ4n) is 0.327. The summed E-state index contributed by atoms with van der Waals surface area (Å²) >= 11 is 4.73. The Kier molecular flexibility index (Phi) is 5.82. The Morgan fingerprint density at radius 2 is 2.30 bits per heavy atom. The van der Waals surface area contributed by atoms with Gasteiger partial charge in [0.15, 0.2) is 0 Å². The molecule has 0 aromatic heterocycles. The van der Waals surface area contributed by atoms with Crippen molar-refractivity contribution in [2.24, 2.45) is 0 Å². The van der Waals surface area contributed by atoms with Crippen LogP contribution in [0.4, 0.5) is 0 Å². The highest BCUT2D eigenvalue weighted by Gasteiger charge is 1.96. The van der Waals surface area contributed by atoms with E-state index in [2.05, 4.69) is 27.8 Å². The van der Waals surface area contributed by atoms with E-state index >= 15 is 0 Å². The van der Waals surface area contributed by atoms with Crippen molar-refractivity contribution < 1.29 is 4.79 Å². The Hall–Kier alpha value is 0.0400. The third kappa shape index (κ3) is 6.16. The molecule has 0 spiro atoms. The molecular weight excluding hydrogens is 214 g/mol. The lowest BCUT2D eigenvalue weighted by Gasteiger charge is -1.97. The molecule has 0 fully saturated rings. The highest BCUT2D eigenvalue weighted by molar-refractivity contribution is 9.11. The third-order valence-electron chi connectivity index (χ3n) is 0.771. The number of thioether (sulfide) groups is 1. The SMILES string of the molecule is C=C(Br)CSCC(=O)NC. The van der Waals surface area contributed by atoms with Crippen LogP contribution < -0.4 is 5.32 Å². The smallest absolute Gasteiger partial charge is 0.229 e. The summed E-state index contributed by atoms with van der Waals surface area (Å²) in [6.07, 6.45) is 0. The fourth-order valence-corrected chi connectivity index (χ4v) is 1.47. The van der Waals surface area contributed by atoms with Crippen molar-refractivity contribution in [3.05, 3.63) is 11.1 Å². The molecule has 10 heavy (non-hydrogen) atoms. The molecule has 0 heterocycles. The number of halogens is 1. The van der Waals surface area contributed by atoms with Gasteiger partial charge in [-0.3, -0.25) is 4.79 Å². The minimum absolute atomic E-state index is 0.0544. The Morgan fingerprint density at radius 3 is 2.70 bits per heavy atom. The molecule has 0 saturated carbocycles. The summed E-state index contributed by atoms with van der Waals surface area (Å²) in [4.78, 5) is 10.6. The summed E-state index contributed by atoms with van der Waals surface area (Å²) < 4.78 is 0.918. The van der Waals surface area contributed by atoms with E-state index < -0.39 is 0 Å². The van der Waals surface area contributed by atoms with Crippen molar-refractivity contribution in [1.82, 2.24) is 5.32 Å². The summed E-state index contributed by atoms with van der Waals surface area (Å²) in [6, 6.07) is 0. The van der Waals surface area contributed by atoms with E-state index in [-0.39, 0.29) is 5.91 Å². The third-order valence-corrected chi connectivity index (χ3v) is 2.44. The molecule has 2 nitrogen and oxygen atoms in total. The standard InChI is InChI=1S/C6H10BrNOS/c1-5(7)3-10-4-6(9)8-2/h1,3-4H2,2H3,(H,8,9). The van der Waals surface area contributed by atoms with E-state index in [0.717, 1.165) is 10.2 Å². The zero-order valence-electron chi connectivity index (χ0n) is 5.82. The Bertz CT molecular complexity index is 138. The van der Waals surface area contributed by atoms with Crippen LogP contribution in [0.25, 0.3) is 0 Å². The van der Waals surface area contributed by atoms with Crippen LogP contribution in [0.2, 0.25) is 0 Å². The lowest BCUT2D eigenvalue weighted by atomic mass is 10.7. The molecule has 0 unspecified atom stereocenters. The van der Waals surface area contributed by atoms with Crippen molar-refractivity contribution >= 4 is 33.6 Å². The number of hydrogen-bond donors (Lipinski definition) is 1. The van der Waals surface area contributed by atoms with Crippen molar-refractivity contribution in [3.63, 3.8) is 0 Å². The van der Waals surface area contributed by atoms with Gasteiger partial charge in [0.05, 0.1) is 5.75 Å². The Balaban J connectivity index is 3.20. The first-order valence-electron chi connectivity index (χ1n) is 2.78. The van der Waals surface area contributed by atoms with Crippen molar-refractivity contribution in [3.8, 4) is 0 Å². The highest BCUT2D eigenvalue weighted by atomic mass is 79.9. The molecule has 0 bridgehead atoms. The number of amides is 1. The number of rotatable bonds is 4. The second kappa shape index (κ2) is 5.80. The monoisotopic (exact) mass is 223 g/mol. The molecule has 0 atom stereocenters. The van der Waals surface area contributed by atoms with Gasteiger partial charge in [0.25, 0.3) is 0 Å². The maximum Gasteiger partial charge on any atom is 0.229 e. The molecular formula is C6H10BrNOS. The van der Waals surface area contributed by atoms with Gasteiger partial charge >= 0.3 is 0 Å². The second-order valence-electron chi connectivity index (χ2n) is 1.68. The van der Waals surface area contributed by atoms with Crippen molar-refractivity contribution in [2.45, 2.75) is 0 Å². The van der Waals surface area contributed by atoms with Crippen LogP contribution in [-0.2, 0) is 4.79 Å². The Morgan fingerprint density at radius 1 is 1.70 bits per heavy atom. The number of hydrogen-bond acceptors (Lipinski definition) is 2. The van der Waals surface area contributed by atoms with Gasteiger partial charge in [-0.15, -0.1) is 11.8 Å². The molecule has 0 radical (unpaired) electrons. The summed E-state index contributed by atoms with van der Waals surface area (Å²) in [5, 5.41) is 2.53. The van der Waals surface area contributed by atoms with E-state index in [9.17, 15) is 4.79 Å². The van der Waals surface area contributed by atoms with Gasteiger partial charge in [-0.2, -0.15) is 0 Å². The molecule has 0 aliphatic carbocycles. The van der Waals surface area contributed by atoms with Gasteiger partial charge in [0.1, 0.15) is 0 Å². The van der Waals surface area contributed by atoms with E-state index in [0.29, 0.717) is 5.75 Å². The predicted molar refractivity (Wildman–Crippen MR) is 49.5 cm³/mol. The van der Waals surface area contributed by atoms with E-state index in [4.69, 9.17) is 0 Å². The quantitative estimate of drug-likeness (QED) is 0.781. The van der Waals surface area contributed by atoms with Gasteiger partial charge in [-0.25, -0.2) is 0 Å². The normalized spacial score (nSPS) is 9.00. The second-order valence-corrected chi connectivity index (χ2v) is 3.79. The number of carbonyl (C=O) groups is 1. The topological polar surface area (TPSA) is 29.1 Å². The summed E-state index contributed by atoms with van der Waals surface area (Å²) in [6.45, 7) is 3.64. The predicted octanol–water partition coefficient (Wildman–Crippen LogP) is 1.37. The van der Waals surface area contributed by atoms with Crippen LogP contribution in [0.1, 0.15) is 0 Å². The van der Waals surface area contributed by atoms with Crippen molar-refractivity contribution in [2.75, 3.05) is 18.6 Å². The number of nitrogens with one attached hydrogen (secondary N) is 1. The molecule has 1 N–H and O–H groups in total. The summed E-state index contributed by atoms with van der Waals surface area (Å²) in [7, 11) is 1.63. The largest absolute Gasteiger partial charge is 0.358 e. The van der Waals surface area contributed by atoms with Crippen molar-refractivity contribution in [1.29, 1.82) is 0 Å². The van der Waals surface area contributed by atoms with Gasteiger partial charge in [0.2, 0.25) is 5.91 Å². The van der Waals surface area contributed by atoms with E-state index in [1.807, 2.05) is 0 Å². The molecule has 0 rings (SSSR count). The molecule has 4 heteroatoms. The molecule has 0 aliphatic rings. The molecule has 0 aromatic rings. The maximum absolute atomic E-state index is 10.6. The minimum atomic E-state index is 0.0544. The average Bonchev–Trinajstić information content (AvgIpc) is 1.87. The van der Waals surface area contributed by atoms with Crippen LogP contribution in [0.3, 0.4) is 0 Å². The minimum Gasteiger partial charge on any atom is -0.358 e. The van der Waals surface area contributed by atoms with Crippen LogP contribution in [0, 0.1) is 0 Å². The molecule has 1 amide bonds. The Labute approximate surface area is 73.6 Å². The lowest BCUT2D eigenvalue weighted by Crippen LogP contribution is -2.19. The number of carbonyl (C=O) groups excluding carboxylic acids is 1. The zero-order chi connectivity index (χ0) is 7.98. The highest BCUT2D eigenvalue weighted by Crippen LogP contribution is 2.10. The fraction of sp³-hybridized carbons (Fsp3) is 0.500. The van der Waals surface area contributed by atoms with Crippen LogP contribution >= 0.6 is 27.7 Å². The summed E-state index contributed by atoms with van der Waals surface area (Å²) in [5.41, 5.74) is 0. The first-order valence-corrected chi connectivity index (χ1v) is 4.73.